The minimum absolute atomic E-state index is 0.265. The van der Waals surface area contributed by atoms with E-state index in [0.29, 0.717) is 12.1 Å². The van der Waals surface area contributed by atoms with E-state index in [1.54, 1.807) is 19.2 Å². The molecule has 2 aromatic carbocycles. The number of methoxy groups -OCH3 is 1. The maximum Gasteiger partial charge on any atom is 0.348 e. The molecule has 0 spiro atoms. The van der Waals surface area contributed by atoms with Crippen molar-refractivity contribution >= 4 is 17.3 Å². The van der Waals surface area contributed by atoms with Gasteiger partial charge in [0.1, 0.15) is 10.6 Å². The number of aromatic nitrogens is 1. The molecule has 5 heteroatoms. The Kier molecular flexibility index (Phi) is 4.39. The molecule has 1 aromatic heterocycles. The summed E-state index contributed by atoms with van der Waals surface area (Å²) in [7, 11) is 1.60. The second-order valence-corrected chi connectivity index (χ2v) is 6.06. The van der Waals surface area contributed by atoms with E-state index in [-0.39, 0.29) is 4.88 Å². The van der Waals surface area contributed by atoms with Crippen LogP contribution in [-0.4, -0.2) is 23.2 Å². The van der Waals surface area contributed by atoms with Crippen molar-refractivity contribution in [1.82, 2.24) is 4.98 Å². The van der Waals surface area contributed by atoms with Gasteiger partial charge < -0.3 is 9.84 Å². The van der Waals surface area contributed by atoms with Gasteiger partial charge in [0, 0.05) is 12.0 Å². The Morgan fingerprint density at radius 3 is 2.43 bits per heavy atom. The number of hydrogen-bond acceptors (Lipinski definition) is 4. The minimum atomic E-state index is -0.951. The number of carboxylic acid groups (broad SMARTS) is 1. The standard InChI is InChI=1S/C18H15NO3S/c1-22-14-9-7-13(8-10-14)16-17(18(20)21)23-15(19-16)11-12-5-3-2-4-6-12/h2-10H,11H2,1H3,(H,20,21). The highest BCUT2D eigenvalue weighted by molar-refractivity contribution is 7.14. The molecule has 1 heterocycles. The monoisotopic (exact) mass is 325 g/mol. The molecular formula is C18H15NO3S. The van der Waals surface area contributed by atoms with Crippen LogP contribution in [0.2, 0.25) is 0 Å². The van der Waals surface area contributed by atoms with Crippen molar-refractivity contribution in [1.29, 1.82) is 0 Å². The lowest BCUT2D eigenvalue weighted by atomic mass is 10.1. The molecule has 4 nitrogen and oxygen atoms in total. The third-order valence-electron chi connectivity index (χ3n) is 3.43. The Bertz CT molecular complexity index is 810. The molecule has 0 saturated heterocycles. The Balaban J connectivity index is 1.96. The third kappa shape index (κ3) is 3.40. The molecule has 0 aliphatic rings. The normalized spacial score (nSPS) is 10.5. The van der Waals surface area contributed by atoms with Gasteiger partial charge in [-0.3, -0.25) is 0 Å². The summed E-state index contributed by atoms with van der Waals surface area (Å²) in [6.45, 7) is 0. The van der Waals surface area contributed by atoms with E-state index in [1.165, 1.54) is 11.3 Å². The van der Waals surface area contributed by atoms with Crippen LogP contribution in [0.5, 0.6) is 5.75 Å². The van der Waals surface area contributed by atoms with Crippen LogP contribution in [0.4, 0.5) is 0 Å². The highest BCUT2D eigenvalue weighted by Crippen LogP contribution is 2.30. The van der Waals surface area contributed by atoms with Crippen LogP contribution in [0.3, 0.4) is 0 Å². The van der Waals surface area contributed by atoms with E-state index in [2.05, 4.69) is 4.98 Å². The summed E-state index contributed by atoms with van der Waals surface area (Å²) in [6, 6.07) is 17.2. The molecule has 3 rings (SSSR count). The number of hydrogen-bond donors (Lipinski definition) is 1. The predicted molar refractivity (Wildman–Crippen MR) is 90.3 cm³/mol. The number of thiazole rings is 1. The van der Waals surface area contributed by atoms with Gasteiger partial charge in [-0.05, 0) is 29.8 Å². The predicted octanol–water partition coefficient (Wildman–Crippen LogP) is 4.11. The van der Waals surface area contributed by atoms with Crippen molar-refractivity contribution in [2.75, 3.05) is 7.11 Å². The summed E-state index contributed by atoms with van der Waals surface area (Å²) in [5, 5.41) is 10.2. The van der Waals surface area contributed by atoms with Crippen LogP contribution in [0.15, 0.2) is 54.6 Å². The van der Waals surface area contributed by atoms with Gasteiger partial charge in [-0.25, -0.2) is 9.78 Å². The van der Waals surface area contributed by atoms with E-state index in [0.717, 1.165) is 21.9 Å². The Morgan fingerprint density at radius 1 is 1.13 bits per heavy atom. The molecule has 0 saturated carbocycles. The van der Waals surface area contributed by atoms with Gasteiger partial charge >= 0.3 is 5.97 Å². The Labute approximate surface area is 138 Å². The second-order valence-electron chi connectivity index (χ2n) is 4.98. The number of ether oxygens (including phenoxy) is 1. The third-order valence-corrected chi connectivity index (χ3v) is 4.47. The SMILES string of the molecule is COc1ccc(-c2nc(Cc3ccccc3)sc2C(=O)O)cc1. The maximum absolute atomic E-state index is 11.5. The first-order chi connectivity index (χ1) is 11.2. The van der Waals surface area contributed by atoms with Crippen molar-refractivity contribution in [3.63, 3.8) is 0 Å². The van der Waals surface area contributed by atoms with Crippen molar-refractivity contribution < 1.29 is 14.6 Å². The number of benzene rings is 2. The molecule has 0 aliphatic carbocycles. The molecule has 116 valence electrons. The second kappa shape index (κ2) is 6.62. The summed E-state index contributed by atoms with van der Waals surface area (Å²) in [4.78, 5) is 16.3. The van der Waals surface area contributed by atoms with Crippen LogP contribution in [0.25, 0.3) is 11.3 Å². The molecule has 0 radical (unpaired) electrons. The van der Waals surface area contributed by atoms with Crippen LogP contribution in [0, 0.1) is 0 Å². The molecule has 0 bridgehead atoms. The first-order valence-electron chi connectivity index (χ1n) is 7.08. The molecule has 1 N–H and O–H groups in total. The fourth-order valence-electron chi connectivity index (χ4n) is 2.30. The largest absolute Gasteiger partial charge is 0.497 e. The lowest BCUT2D eigenvalue weighted by Crippen LogP contribution is -1.95. The fraction of sp³-hybridized carbons (Fsp3) is 0.111. The Morgan fingerprint density at radius 2 is 1.83 bits per heavy atom. The van der Waals surface area contributed by atoms with Crippen LogP contribution < -0.4 is 4.74 Å². The summed E-state index contributed by atoms with van der Waals surface area (Å²) in [5.41, 5.74) is 2.40. The van der Waals surface area contributed by atoms with Gasteiger partial charge in [0.05, 0.1) is 17.8 Å². The van der Waals surface area contributed by atoms with Gasteiger partial charge in [-0.1, -0.05) is 30.3 Å². The van der Waals surface area contributed by atoms with Gasteiger partial charge in [-0.2, -0.15) is 0 Å². The van der Waals surface area contributed by atoms with Crippen molar-refractivity contribution in [3.8, 4) is 17.0 Å². The molecule has 3 aromatic rings. The van der Waals surface area contributed by atoms with Crippen molar-refractivity contribution in [2.45, 2.75) is 6.42 Å². The van der Waals surface area contributed by atoms with Gasteiger partial charge in [0.2, 0.25) is 0 Å². The van der Waals surface area contributed by atoms with E-state index >= 15 is 0 Å². The van der Waals surface area contributed by atoms with Gasteiger partial charge in [0.25, 0.3) is 0 Å². The zero-order valence-electron chi connectivity index (χ0n) is 12.5. The van der Waals surface area contributed by atoms with E-state index in [1.807, 2.05) is 42.5 Å². The Hall–Kier alpha value is -2.66. The summed E-state index contributed by atoms with van der Waals surface area (Å²) < 4.78 is 5.13. The summed E-state index contributed by atoms with van der Waals surface area (Å²) in [6.07, 6.45) is 0.627. The van der Waals surface area contributed by atoms with E-state index in [9.17, 15) is 9.90 Å². The summed E-state index contributed by atoms with van der Waals surface area (Å²) in [5.74, 6) is -0.224. The van der Waals surface area contributed by atoms with Gasteiger partial charge in [-0.15, -0.1) is 11.3 Å². The lowest BCUT2D eigenvalue weighted by Gasteiger charge is -2.02. The first-order valence-corrected chi connectivity index (χ1v) is 7.90. The molecule has 0 unspecified atom stereocenters. The molecule has 0 atom stereocenters. The molecule has 0 aliphatic heterocycles. The maximum atomic E-state index is 11.5. The highest BCUT2D eigenvalue weighted by atomic mass is 32.1. The van der Waals surface area contributed by atoms with Crippen molar-refractivity contribution in [3.05, 3.63) is 70.0 Å². The van der Waals surface area contributed by atoms with Crippen LogP contribution >= 0.6 is 11.3 Å². The number of rotatable bonds is 5. The number of nitrogens with zero attached hydrogens (tertiary/aromatic N) is 1. The summed E-state index contributed by atoms with van der Waals surface area (Å²) >= 11 is 1.23. The zero-order chi connectivity index (χ0) is 16.2. The average molecular weight is 325 g/mol. The van der Waals surface area contributed by atoms with Crippen LogP contribution in [0.1, 0.15) is 20.2 Å². The molecular weight excluding hydrogens is 310 g/mol. The zero-order valence-corrected chi connectivity index (χ0v) is 13.3. The molecule has 0 amide bonds. The van der Waals surface area contributed by atoms with E-state index < -0.39 is 5.97 Å². The number of carbonyl (C=O) groups is 1. The first kappa shape index (κ1) is 15.2. The topological polar surface area (TPSA) is 59.4 Å². The van der Waals surface area contributed by atoms with E-state index in [4.69, 9.17) is 4.74 Å². The quantitative estimate of drug-likeness (QED) is 0.767. The molecule has 0 fully saturated rings. The minimum Gasteiger partial charge on any atom is -0.497 e. The lowest BCUT2D eigenvalue weighted by molar-refractivity contribution is 0.0702. The van der Waals surface area contributed by atoms with Gasteiger partial charge in [0.15, 0.2) is 0 Å². The van der Waals surface area contributed by atoms with Crippen LogP contribution in [-0.2, 0) is 6.42 Å². The number of carboxylic acids is 1. The van der Waals surface area contributed by atoms with Crippen molar-refractivity contribution in [2.24, 2.45) is 0 Å². The fourth-order valence-corrected chi connectivity index (χ4v) is 3.26. The molecule has 23 heavy (non-hydrogen) atoms. The average Bonchev–Trinajstić information content (AvgIpc) is 3.00. The smallest absolute Gasteiger partial charge is 0.348 e. The highest BCUT2D eigenvalue weighted by Gasteiger charge is 2.19. The number of aromatic carboxylic acids is 1.